The molecule has 0 atom stereocenters. The molecular weight excluding hydrogens is 556 g/mol. The quantitative estimate of drug-likeness (QED) is 0.311. The largest absolute Gasteiger partial charge is 0.423 e. The molecule has 0 aliphatic carbocycles. The smallest absolute Gasteiger partial charge is 0.329 e. The van der Waals surface area contributed by atoms with Crippen LogP contribution in [0.15, 0.2) is 35.3 Å². The van der Waals surface area contributed by atoms with Gasteiger partial charge in [-0.05, 0) is 38.1 Å². The number of nitrogens with zero attached hydrogens (tertiary/aromatic N) is 4. The van der Waals surface area contributed by atoms with Crippen molar-refractivity contribution < 1.29 is 32.5 Å². The van der Waals surface area contributed by atoms with E-state index in [2.05, 4.69) is 15.6 Å². The first kappa shape index (κ1) is 27.1. The molecule has 0 saturated carbocycles. The fourth-order valence-corrected chi connectivity index (χ4v) is 4.29. The van der Waals surface area contributed by atoms with Gasteiger partial charge in [0.05, 0.1) is 32.9 Å². The minimum Gasteiger partial charge on any atom is -0.329 e. The number of guanidine groups is 1. The molecule has 38 heavy (non-hydrogen) atoms. The minimum atomic E-state index is -4.99. The third kappa shape index (κ3) is 4.96. The number of hydrogen-bond donors (Lipinski definition) is 2. The molecule has 4 amide bonds. The number of halogens is 5. The number of amides is 4. The van der Waals surface area contributed by atoms with E-state index in [9.17, 15) is 37.7 Å². The number of anilines is 1. The van der Waals surface area contributed by atoms with Crippen molar-refractivity contribution in [2.75, 3.05) is 11.4 Å². The van der Waals surface area contributed by atoms with Crippen LogP contribution in [-0.2, 0) is 22.3 Å². The van der Waals surface area contributed by atoms with Crippen LogP contribution in [0.4, 0.5) is 35.0 Å². The van der Waals surface area contributed by atoms with Gasteiger partial charge in [0.2, 0.25) is 11.9 Å². The van der Waals surface area contributed by atoms with Gasteiger partial charge in [-0.15, -0.1) is 0 Å². The second-order valence-corrected chi connectivity index (χ2v) is 9.64. The van der Waals surface area contributed by atoms with E-state index in [1.54, 1.807) is 12.1 Å². The van der Waals surface area contributed by atoms with E-state index in [1.807, 2.05) is 4.90 Å². The van der Waals surface area contributed by atoms with Crippen molar-refractivity contribution >= 4 is 64.1 Å². The number of urea groups is 1. The molecule has 3 heterocycles. The van der Waals surface area contributed by atoms with E-state index in [4.69, 9.17) is 23.2 Å². The molecule has 200 valence electrons. The maximum atomic E-state index is 12.9. The first-order valence-corrected chi connectivity index (χ1v) is 11.5. The van der Waals surface area contributed by atoms with E-state index < -0.39 is 39.8 Å². The van der Waals surface area contributed by atoms with E-state index >= 15 is 0 Å². The molecule has 16 heteroatoms. The summed E-state index contributed by atoms with van der Waals surface area (Å²) in [6, 6.07) is 4.57. The number of nitro benzene ring substituents is 1. The SMILES string of the molecule is CC1(C)NC(=O)N(c2ccc([N+](=O)[O-])c(C(F)(F)F)c2)C1=O.O=C1CN2Cc3c(ccc(Cl)c3Cl)N=C2N1. The van der Waals surface area contributed by atoms with Crippen molar-refractivity contribution in [3.05, 3.63) is 61.6 Å². The lowest BCUT2D eigenvalue weighted by Crippen LogP contribution is -2.40. The summed E-state index contributed by atoms with van der Waals surface area (Å²) in [6.07, 6.45) is -4.99. The van der Waals surface area contributed by atoms with Crippen molar-refractivity contribution in [1.29, 1.82) is 0 Å². The lowest BCUT2D eigenvalue weighted by molar-refractivity contribution is -0.388. The van der Waals surface area contributed by atoms with Crippen LogP contribution >= 0.6 is 23.2 Å². The fraction of sp³-hybridized carbons (Fsp3) is 0.273. The number of imide groups is 1. The Balaban J connectivity index is 0.000000185. The standard InChI is InChI=1S/C12H10F3N3O4.C10H7Cl2N3O/c1-11(2)9(19)17(10(20)16-11)6-3-4-8(18(21)22)7(5-6)12(13,14)15;11-6-1-2-7-5(9(6)12)3-15-4-8(16)14-10(15)13-7/h3-5H,1-2H3,(H,16,20);1-2H,3-4H2,(H,13,14,16). The Bertz CT molecular complexity index is 1430. The minimum absolute atomic E-state index is 0.0474. The molecule has 2 fully saturated rings. The summed E-state index contributed by atoms with van der Waals surface area (Å²) in [7, 11) is 0. The monoisotopic (exact) mass is 572 g/mol. The fourth-order valence-electron chi connectivity index (χ4n) is 3.90. The van der Waals surface area contributed by atoms with Crippen LogP contribution < -0.4 is 15.5 Å². The molecule has 2 N–H and O–H groups in total. The van der Waals surface area contributed by atoms with Crippen molar-refractivity contribution in [1.82, 2.24) is 15.5 Å². The summed E-state index contributed by atoms with van der Waals surface area (Å²) in [4.78, 5) is 51.2. The number of aliphatic imine (C=N–C) groups is 1. The third-order valence-electron chi connectivity index (χ3n) is 5.73. The Morgan fingerprint density at radius 2 is 1.79 bits per heavy atom. The van der Waals surface area contributed by atoms with Gasteiger partial charge in [-0.1, -0.05) is 23.2 Å². The second-order valence-electron chi connectivity index (χ2n) is 8.85. The summed E-state index contributed by atoms with van der Waals surface area (Å²) in [6.45, 7) is 3.67. The molecule has 11 nitrogen and oxygen atoms in total. The van der Waals surface area contributed by atoms with Gasteiger partial charge in [0.15, 0.2) is 0 Å². The zero-order valence-corrected chi connectivity index (χ0v) is 21.0. The highest BCUT2D eigenvalue weighted by Gasteiger charge is 2.46. The van der Waals surface area contributed by atoms with Crippen molar-refractivity contribution in [3.63, 3.8) is 0 Å². The molecule has 0 radical (unpaired) electrons. The summed E-state index contributed by atoms with van der Waals surface area (Å²) in [5.41, 5.74) is -2.69. The van der Waals surface area contributed by atoms with Gasteiger partial charge < -0.3 is 10.2 Å². The molecule has 0 bridgehead atoms. The Hall–Kier alpha value is -3.91. The zero-order valence-electron chi connectivity index (χ0n) is 19.5. The summed E-state index contributed by atoms with van der Waals surface area (Å²) in [5.74, 6) is -0.204. The van der Waals surface area contributed by atoms with Gasteiger partial charge in [0.1, 0.15) is 17.6 Å². The number of nitro groups is 1. The third-order valence-corrected chi connectivity index (χ3v) is 6.58. The van der Waals surface area contributed by atoms with Crippen molar-refractivity contribution in [2.24, 2.45) is 4.99 Å². The lowest BCUT2D eigenvalue weighted by Gasteiger charge is -2.23. The van der Waals surface area contributed by atoms with Crippen molar-refractivity contribution in [2.45, 2.75) is 32.1 Å². The number of nitrogens with one attached hydrogen (secondary N) is 2. The summed E-state index contributed by atoms with van der Waals surface area (Å²) < 4.78 is 38.7. The molecule has 0 spiro atoms. The van der Waals surface area contributed by atoms with Gasteiger partial charge in [0.25, 0.3) is 11.6 Å². The van der Waals surface area contributed by atoms with Gasteiger partial charge in [0, 0.05) is 11.6 Å². The van der Waals surface area contributed by atoms with Gasteiger partial charge in [-0.2, -0.15) is 13.2 Å². The number of rotatable bonds is 2. The molecule has 0 unspecified atom stereocenters. The number of carbonyl (C=O) groups excluding carboxylic acids is 3. The second kappa shape index (κ2) is 9.44. The summed E-state index contributed by atoms with van der Waals surface area (Å²) >= 11 is 12.0. The highest BCUT2D eigenvalue weighted by Crippen LogP contribution is 2.39. The van der Waals surface area contributed by atoms with E-state index in [0.717, 1.165) is 17.3 Å². The Morgan fingerprint density at radius 3 is 2.37 bits per heavy atom. The molecule has 3 aliphatic heterocycles. The number of alkyl halides is 3. The topological polar surface area (TPSA) is 137 Å². The first-order chi connectivity index (χ1) is 17.6. The highest BCUT2D eigenvalue weighted by atomic mass is 35.5. The van der Waals surface area contributed by atoms with E-state index in [-0.39, 0.29) is 11.6 Å². The van der Waals surface area contributed by atoms with Gasteiger partial charge in [-0.25, -0.2) is 14.7 Å². The Morgan fingerprint density at radius 1 is 1.11 bits per heavy atom. The van der Waals surface area contributed by atoms with Crippen LogP contribution in [0.2, 0.25) is 10.0 Å². The van der Waals surface area contributed by atoms with E-state index in [1.165, 1.54) is 13.8 Å². The predicted octanol–water partition coefficient (Wildman–Crippen LogP) is 4.37. The first-order valence-electron chi connectivity index (χ1n) is 10.7. The number of fused-ring (bicyclic) bond motifs is 2. The van der Waals surface area contributed by atoms with Crippen LogP contribution in [0.25, 0.3) is 0 Å². The molecule has 2 aromatic carbocycles. The molecular formula is C22H17Cl2F3N6O5. The molecule has 3 aliphatic rings. The van der Waals surface area contributed by atoms with Crippen molar-refractivity contribution in [3.8, 4) is 0 Å². The predicted molar refractivity (Wildman–Crippen MR) is 130 cm³/mol. The number of benzene rings is 2. The molecule has 0 aromatic heterocycles. The van der Waals surface area contributed by atoms with Crippen LogP contribution in [0.5, 0.6) is 0 Å². The zero-order chi connectivity index (χ0) is 28.2. The lowest BCUT2D eigenvalue weighted by atomic mass is 10.1. The average molecular weight is 573 g/mol. The highest BCUT2D eigenvalue weighted by molar-refractivity contribution is 6.42. The molecule has 2 aromatic rings. The van der Waals surface area contributed by atoms with Gasteiger partial charge >= 0.3 is 12.2 Å². The van der Waals surface area contributed by atoms with E-state index in [0.29, 0.717) is 46.1 Å². The normalized spacial score (nSPS) is 17.7. The van der Waals surface area contributed by atoms with Gasteiger partial charge in [-0.3, -0.25) is 25.0 Å². The maximum Gasteiger partial charge on any atom is 0.423 e. The Kier molecular flexibility index (Phi) is 6.74. The molecule has 2 saturated heterocycles. The average Bonchev–Trinajstić information content (AvgIpc) is 3.28. The number of hydrogen-bond acceptors (Lipinski definition) is 7. The number of carbonyl (C=O) groups is 3. The summed E-state index contributed by atoms with van der Waals surface area (Å²) in [5, 5.41) is 16.7. The Labute approximate surface area is 222 Å². The van der Waals surface area contributed by atoms with Crippen LogP contribution in [-0.4, -0.2) is 45.7 Å². The van der Waals surface area contributed by atoms with Crippen LogP contribution in [0, 0.1) is 10.1 Å². The van der Waals surface area contributed by atoms with Crippen LogP contribution in [0.3, 0.4) is 0 Å². The van der Waals surface area contributed by atoms with Crippen LogP contribution in [0.1, 0.15) is 25.0 Å². The molecule has 5 rings (SSSR count). The maximum absolute atomic E-state index is 12.9.